The van der Waals surface area contributed by atoms with Crippen molar-refractivity contribution in [2.24, 2.45) is 0 Å². The highest BCUT2D eigenvalue weighted by atomic mass is 16.6. The second-order valence-electron chi connectivity index (χ2n) is 5.65. The molecule has 0 radical (unpaired) electrons. The fourth-order valence-electron chi connectivity index (χ4n) is 2.72. The van der Waals surface area contributed by atoms with E-state index in [0.717, 1.165) is 0 Å². The average Bonchev–Trinajstić information content (AvgIpc) is 2.60. The highest BCUT2D eigenvalue weighted by Gasteiger charge is 2.27. The van der Waals surface area contributed by atoms with E-state index in [9.17, 15) is 24.8 Å². The van der Waals surface area contributed by atoms with Crippen LogP contribution < -0.4 is 0 Å². The van der Waals surface area contributed by atoms with Gasteiger partial charge in [0.25, 0.3) is 5.69 Å². The third kappa shape index (κ3) is 4.26. The summed E-state index contributed by atoms with van der Waals surface area (Å²) in [6.45, 7) is 3.19. The Kier molecular flexibility index (Phi) is 6.19. The maximum absolute atomic E-state index is 12.6. The van der Waals surface area contributed by atoms with Gasteiger partial charge in [-0.2, -0.15) is 0 Å². The van der Waals surface area contributed by atoms with Crippen molar-refractivity contribution in [1.82, 2.24) is 4.98 Å². The van der Waals surface area contributed by atoms with E-state index in [-0.39, 0.29) is 52.5 Å². The molecule has 0 spiro atoms. The van der Waals surface area contributed by atoms with Crippen LogP contribution in [0.1, 0.15) is 32.1 Å². The molecule has 0 aliphatic rings. The van der Waals surface area contributed by atoms with Crippen LogP contribution in [-0.4, -0.2) is 47.3 Å². The van der Waals surface area contributed by atoms with Crippen molar-refractivity contribution in [3.05, 3.63) is 56.9 Å². The van der Waals surface area contributed by atoms with E-state index in [2.05, 4.69) is 4.98 Å². The second kappa shape index (κ2) is 8.37. The zero-order valence-electron chi connectivity index (χ0n) is 15.0. The number of nitro benzene ring substituents is 1. The summed E-state index contributed by atoms with van der Waals surface area (Å²) in [4.78, 5) is 39.1. The number of rotatable bonds is 7. The molecule has 2 aromatic rings. The van der Waals surface area contributed by atoms with Crippen LogP contribution in [0.15, 0.2) is 24.3 Å². The molecular formula is C18H18N2O7. The van der Waals surface area contributed by atoms with E-state index in [1.807, 2.05) is 0 Å². The number of carboxylic acids is 1. The van der Waals surface area contributed by atoms with Gasteiger partial charge < -0.3 is 14.6 Å². The Morgan fingerprint density at radius 1 is 1.19 bits per heavy atom. The number of aryl methyl sites for hydroxylation is 2. The summed E-state index contributed by atoms with van der Waals surface area (Å²) < 4.78 is 9.97. The average molecular weight is 374 g/mol. The number of aromatic carboxylic acids is 1. The van der Waals surface area contributed by atoms with Crippen LogP contribution in [0.25, 0.3) is 11.1 Å². The summed E-state index contributed by atoms with van der Waals surface area (Å²) in [5, 5.41) is 20.8. The number of hydrogen-bond donors (Lipinski definition) is 1. The smallest absolute Gasteiger partial charge is 0.340 e. The van der Waals surface area contributed by atoms with Crippen molar-refractivity contribution in [3.8, 4) is 11.1 Å². The molecule has 0 fully saturated rings. The first kappa shape index (κ1) is 20.0. The molecule has 1 aromatic carbocycles. The lowest BCUT2D eigenvalue weighted by molar-refractivity contribution is -0.384. The molecule has 2 rings (SSSR count). The Balaban J connectivity index is 2.75. The van der Waals surface area contributed by atoms with Gasteiger partial charge in [-0.25, -0.2) is 9.59 Å². The van der Waals surface area contributed by atoms with Crippen molar-refractivity contribution < 1.29 is 29.1 Å². The molecule has 1 aromatic heterocycles. The lowest BCUT2D eigenvalue weighted by Crippen LogP contribution is -2.17. The van der Waals surface area contributed by atoms with Crippen molar-refractivity contribution in [2.75, 3.05) is 20.3 Å². The third-order valence-corrected chi connectivity index (χ3v) is 3.84. The van der Waals surface area contributed by atoms with Gasteiger partial charge >= 0.3 is 11.9 Å². The van der Waals surface area contributed by atoms with Crippen LogP contribution in [0.2, 0.25) is 0 Å². The summed E-state index contributed by atoms with van der Waals surface area (Å²) in [6.07, 6.45) is 0. The Morgan fingerprint density at radius 3 is 2.44 bits per heavy atom. The second-order valence-corrected chi connectivity index (χ2v) is 5.65. The number of carbonyl (C=O) groups excluding carboxylic acids is 1. The first-order valence-electron chi connectivity index (χ1n) is 7.93. The maximum atomic E-state index is 12.6. The molecule has 0 saturated carbocycles. The first-order chi connectivity index (χ1) is 12.8. The molecule has 27 heavy (non-hydrogen) atoms. The minimum Gasteiger partial charge on any atom is -0.478 e. The normalized spacial score (nSPS) is 10.5. The molecule has 1 heterocycles. The van der Waals surface area contributed by atoms with Gasteiger partial charge in [0.15, 0.2) is 0 Å². The number of benzene rings is 1. The van der Waals surface area contributed by atoms with E-state index in [4.69, 9.17) is 9.47 Å². The van der Waals surface area contributed by atoms with Crippen LogP contribution in [0.3, 0.4) is 0 Å². The Labute approximate surface area is 154 Å². The number of esters is 1. The number of carboxylic acid groups (broad SMARTS) is 1. The predicted molar refractivity (Wildman–Crippen MR) is 94.9 cm³/mol. The number of carbonyl (C=O) groups is 2. The zero-order chi connectivity index (χ0) is 20.1. The number of aromatic nitrogens is 1. The van der Waals surface area contributed by atoms with Crippen LogP contribution in [0, 0.1) is 24.0 Å². The SMILES string of the molecule is COCCOC(=O)c1c(C)nc(C)c(C(=O)O)c1-c1cccc([N+](=O)[O-])c1. The standard InChI is InChI=1S/C18H18N2O7/c1-10-14(17(21)22)16(12-5-4-6-13(9-12)20(24)25)15(11(2)19-10)18(23)27-8-7-26-3/h4-6,9H,7-8H2,1-3H3,(H,21,22). The van der Waals surface area contributed by atoms with Crippen LogP contribution in [-0.2, 0) is 9.47 Å². The molecule has 9 heteroatoms. The van der Waals surface area contributed by atoms with Crippen molar-refractivity contribution in [3.63, 3.8) is 0 Å². The van der Waals surface area contributed by atoms with Gasteiger partial charge in [0.2, 0.25) is 0 Å². The molecule has 0 aliphatic heterocycles. The Morgan fingerprint density at radius 2 is 1.85 bits per heavy atom. The summed E-state index contributed by atoms with van der Waals surface area (Å²) in [7, 11) is 1.45. The summed E-state index contributed by atoms with van der Waals surface area (Å²) in [5.74, 6) is -2.08. The fraction of sp³-hybridized carbons (Fsp3) is 0.278. The minimum atomic E-state index is -1.30. The third-order valence-electron chi connectivity index (χ3n) is 3.84. The quantitative estimate of drug-likeness (QED) is 0.339. The summed E-state index contributed by atoms with van der Waals surface area (Å²) in [5.41, 5.74) is 0.230. The molecule has 9 nitrogen and oxygen atoms in total. The monoisotopic (exact) mass is 374 g/mol. The molecule has 0 atom stereocenters. The van der Waals surface area contributed by atoms with Crippen LogP contribution in [0.5, 0.6) is 0 Å². The molecule has 0 amide bonds. The number of ether oxygens (including phenoxy) is 2. The Bertz CT molecular complexity index is 909. The summed E-state index contributed by atoms with van der Waals surface area (Å²) >= 11 is 0. The van der Waals surface area contributed by atoms with E-state index in [0.29, 0.717) is 0 Å². The van der Waals surface area contributed by atoms with Gasteiger partial charge in [0.05, 0.1) is 34.0 Å². The molecular weight excluding hydrogens is 356 g/mol. The van der Waals surface area contributed by atoms with Crippen molar-refractivity contribution >= 4 is 17.6 Å². The minimum absolute atomic E-state index is 0.0283. The van der Waals surface area contributed by atoms with Crippen molar-refractivity contribution in [1.29, 1.82) is 0 Å². The molecule has 0 saturated heterocycles. The van der Waals surface area contributed by atoms with Crippen LogP contribution >= 0.6 is 0 Å². The number of pyridine rings is 1. The van der Waals surface area contributed by atoms with Crippen molar-refractivity contribution in [2.45, 2.75) is 13.8 Å². The molecule has 0 unspecified atom stereocenters. The maximum Gasteiger partial charge on any atom is 0.340 e. The van der Waals surface area contributed by atoms with E-state index < -0.39 is 16.9 Å². The lowest BCUT2D eigenvalue weighted by atomic mass is 9.92. The van der Waals surface area contributed by atoms with Gasteiger partial charge in [-0.3, -0.25) is 15.1 Å². The van der Waals surface area contributed by atoms with Gasteiger partial charge in [-0.05, 0) is 19.4 Å². The molecule has 0 bridgehead atoms. The van der Waals surface area contributed by atoms with Gasteiger partial charge in [0, 0.05) is 24.8 Å². The van der Waals surface area contributed by atoms with E-state index >= 15 is 0 Å². The molecule has 0 aliphatic carbocycles. The molecule has 1 N–H and O–H groups in total. The highest BCUT2D eigenvalue weighted by molar-refractivity contribution is 6.06. The first-order valence-corrected chi connectivity index (χ1v) is 7.93. The fourth-order valence-corrected chi connectivity index (χ4v) is 2.72. The summed E-state index contributed by atoms with van der Waals surface area (Å²) in [6, 6.07) is 5.41. The Hall–Kier alpha value is -3.33. The number of methoxy groups -OCH3 is 1. The number of hydrogen-bond acceptors (Lipinski definition) is 7. The van der Waals surface area contributed by atoms with Gasteiger partial charge in [0.1, 0.15) is 6.61 Å². The number of nitro groups is 1. The lowest BCUT2D eigenvalue weighted by Gasteiger charge is -2.16. The molecule has 142 valence electrons. The zero-order valence-corrected chi connectivity index (χ0v) is 15.0. The predicted octanol–water partition coefficient (Wildman–Crippen LogP) is 2.78. The van der Waals surface area contributed by atoms with E-state index in [1.54, 1.807) is 6.92 Å². The van der Waals surface area contributed by atoms with Gasteiger partial charge in [-0.15, -0.1) is 0 Å². The van der Waals surface area contributed by atoms with Crippen LogP contribution in [0.4, 0.5) is 5.69 Å². The topological polar surface area (TPSA) is 129 Å². The number of non-ortho nitro benzene ring substituents is 1. The largest absolute Gasteiger partial charge is 0.478 e. The highest BCUT2D eigenvalue weighted by Crippen LogP contribution is 2.33. The van der Waals surface area contributed by atoms with E-state index in [1.165, 1.54) is 38.3 Å². The van der Waals surface area contributed by atoms with Gasteiger partial charge in [-0.1, -0.05) is 12.1 Å². The number of nitrogens with zero attached hydrogens (tertiary/aromatic N) is 2.